The third kappa shape index (κ3) is 6.28. The van der Waals surface area contributed by atoms with Crippen molar-refractivity contribution in [3.05, 3.63) is 107 Å². The molecule has 0 aliphatic heterocycles. The highest BCUT2D eigenvalue weighted by Gasteiger charge is 2.14. The van der Waals surface area contributed by atoms with Crippen LogP contribution in [0.2, 0.25) is 5.02 Å². The van der Waals surface area contributed by atoms with Gasteiger partial charge in [0.25, 0.3) is 0 Å². The van der Waals surface area contributed by atoms with E-state index in [0.29, 0.717) is 38.9 Å². The van der Waals surface area contributed by atoms with E-state index >= 15 is 0 Å². The highest BCUT2D eigenvalue weighted by molar-refractivity contribution is 7.89. The van der Waals surface area contributed by atoms with Gasteiger partial charge in [0.2, 0.25) is 15.9 Å². The van der Waals surface area contributed by atoms with Crippen LogP contribution >= 0.6 is 11.6 Å². The Hall–Kier alpha value is -3.72. The molecule has 4 aromatic carbocycles. The third-order valence-corrected chi connectivity index (χ3v) is 6.96. The molecule has 0 atom stereocenters. The Morgan fingerprint density at radius 1 is 0.944 bits per heavy atom. The van der Waals surface area contributed by atoms with Gasteiger partial charge in [0, 0.05) is 22.3 Å². The molecule has 0 radical (unpaired) electrons. The lowest BCUT2D eigenvalue weighted by molar-refractivity contribution is -0.115. The van der Waals surface area contributed by atoms with Crippen LogP contribution in [0.4, 0.5) is 10.1 Å². The summed E-state index contributed by atoms with van der Waals surface area (Å²) in [6.07, 6.45) is 0.0377. The predicted octanol–water partition coefficient (Wildman–Crippen LogP) is 6.03. The summed E-state index contributed by atoms with van der Waals surface area (Å²) in [6, 6.07) is 24.1. The van der Waals surface area contributed by atoms with Crippen molar-refractivity contribution >= 4 is 33.2 Å². The van der Waals surface area contributed by atoms with E-state index < -0.39 is 10.0 Å². The smallest absolute Gasteiger partial charge is 0.240 e. The lowest BCUT2D eigenvalue weighted by atomic mass is 10.0. The Morgan fingerprint density at radius 2 is 1.69 bits per heavy atom. The van der Waals surface area contributed by atoms with Crippen LogP contribution in [0.15, 0.2) is 95.9 Å². The molecule has 2 N–H and O–H groups in total. The molecule has 0 saturated carbocycles. The van der Waals surface area contributed by atoms with Gasteiger partial charge in [0.15, 0.2) is 0 Å². The minimum Gasteiger partial charge on any atom is -0.457 e. The summed E-state index contributed by atoms with van der Waals surface area (Å²) >= 11 is 6.09. The number of carbonyl (C=O) groups excluding carboxylic acids is 1. The topological polar surface area (TPSA) is 84.5 Å². The van der Waals surface area contributed by atoms with Crippen LogP contribution in [-0.4, -0.2) is 21.4 Å². The van der Waals surface area contributed by atoms with Crippen molar-refractivity contribution in [2.75, 3.05) is 12.4 Å². The number of carbonyl (C=O) groups is 1. The monoisotopic (exact) mass is 524 g/mol. The fraction of sp³-hybridized carbons (Fsp3) is 0.0741. The summed E-state index contributed by atoms with van der Waals surface area (Å²) < 4.78 is 45.9. The molecule has 0 spiro atoms. The summed E-state index contributed by atoms with van der Waals surface area (Å²) in [7, 11) is -2.22. The van der Waals surface area contributed by atoms with Gasteiger partial charge < -0.3 is 10.1 Å². The van der Waals surface area contributed by atoms with Crippen molar-refractivity contribution in [3.63, 3.8) is 0 Å². The van der Waals surface area contributed by atoms with Gasteiger partial charge in [-0.3, -0.25) is 4.79 Å². The van der Waals surface area contributed by atoms with Crippen molar-refractivity contribution in [1.29, 1.82) is 0 Å². The molecule has 1 amide bonds. The molecule has 36 heavy (non-hydrogen) atoms. The van der Waals surface area contributed by atoms with Crippen molar-refractivity contribution in [1.82, 2.24) is 4.72 Å². The molecule has 0 fully saturated rings. The Labute approximate surface area is 213 Å². The fourth-order valence-electron chi connectivity index (χ4n) is 3.53. The molecule has 4 aromatic rings. The number of hydrogen-bond donors (Lipinski definition) is 2. The number of benzene rings is 4. The van der Waals surface area contributed by atoms with Gasteiger partial charge in [0.1, 0.15) is 17.3 Å². The van der Waals surface area contributed by atoms with Crippen LogP contribution in [0.1, 0.15) is 5.56 Å². The lowest BCUT2D eigenvalue weighted by Gasteiger charge is -2.14. The first-order valence-electron chi connectivity index (χ1n) is 10.9. The Balaban J connectivity index is 1.57. The molecular weight excluding hydrogens is 503 g/mol. The summed E-state index contributed by atoms with van der Waals surface area (Å²) in [6.45, 7) is 0. The summed E-state index contributed by atoms with van der Waals surface area (Å²) in [5.41, 5.74) is 2.37. The molecule has 0 aliphatic carbocycles. The molecule has 0 heterocycles. The second kappa shape index (κ2) is 10.9. The largest absolute Gasteiger partial charge is 0.457 e. The quantitative estimate of drug-likeness (QED) is 0.295. The molecular formula is C27H22ClFN2O4S. The summed E-state index contributed by atoms with van der Waals surface area (Å²) in [4.78, 5) is 12.8. The van der Waals surface area contributed by atoms with E-state index in [1.807, 2.05) is 0 Å². The van der Waals surface area contributed by atoms with E-state index in [4.69, 9.17) is 16.3 Å². The Kier molecular flexibility index (Phi) is 7.69. The van der Waals surface area contributed by atoms with E-state index in [0.717, 1.165) is 0 Å². The molecule has 0 saturated heterocycles. The van der Waals surface area contributed by atoms with Crippen LogP contribution in [-0.2, 0) is 21.2 Å². The van der Waals surface area contributed by atoms with E-state index in [-0.39, 0.29) is 23.0 Å². The number of sulfonamides is 1. The number of rotatable bonds is 8. The molecule has 0 aliphatic rings. The minimum atomic E-state index is -3.55. The van der Waals surface area contributed by atoms with Crippen molar-refractivity contribution in [3.8, 4) is 22.6 Å². The van der Waals surface area contributed by atoms with E-state index in [1.165, 1.54) is 31.3 Å². The van der Waals surface area contributed by atoms with Crippen molar-refractivity contribution in [2.24, 2.45) is 0 Å². The first kappa shape index (κ1) is 25.4. The number of anilines is 1. The number of amides is 1. The van der Waals surface area contributed by atoms with Crippen LogP contribution < -0.4 is 14.8 Å². The van der Waals surface area contributed by atoms with Crippen molar-refractivity contribution < 1.29 is 22.3 Å². The average Bonchev–Trinajstić information content (AvgIpc) is 2.84. The van der Waals surface area contributed by atoms with Crippen LogP contribution in [0.3, 0.4) is 0 Å². The van der Waals surface area contributed by atoms with Gasteiger partial charge in [-0.15, -0.1) is 0 Å². The normalized spacial score (nSPS) is 11.2. The van der Waals surface area contributed by atoms with Crippen LogP contribution in [0, 0.1) is 5.82 Å². The number of nitrogens with one attached hydrogen (secondary N) is 2. The van der Waals surface area contributed by atoms with Gasteiger partial charge in [-0.1, -0.05) is 41.9 Å². The first-order chi connectivity index (χ1) is 17.2. The third-order valence-electron chi connectivity index (χ3n) is 5.29. The van der Waals surface area contributed by atoms with E-state index in [2.05, 4.69) is 10.0 Å². The second-order valence-electron chi connectivity index (χ2n) is 7.86. The number of ether oxygens (including phenoxy) is 1. The minimum absolute atomic E-state index is 0.0377. The highest BCUT2D eigenvalue weighted by Crippen LogP contribution is 2.36. The molecule has 184 valence electrons. The Morgan fingerprint density at radius 3 is 2.39 bits per heavy atom. The van der Waals surface area contributed by atoms with E-state index in [1.54, 1.807) is 66.7 Å². The average molecular weight is 525 g/mol. The zero-order valence-electron chi connectivity index (χ0n) is 19.2. The fourth-order valence-corrected chi connectivity index (χ4v) is 4.44. The molecule has 9 heteroatoms. The summed E-state index contributed by atoms with van der Waals surface area (Å²) in [5, 5.41) is 3.32. The van der Waals surface area contributed by atoms with E-state index in [9.17, 15) is 17.6 Å². The van der Waals surface area contributed by atoms with Crippen LogP contribution in [0.25, 0.3) is 11.1 Å². The zero-order chi connectivity index (χ0) is 25.7. The molecule has 6 nitrogen and oxygen atoms in total. The highest BCUT2D eigenvalue weighted by atomic mass is 35.5. The maximum atomic E-state index is 13.9. The second-order valence-corrected chi connectivity index (χ2v) is 10.2. The standard InChI is InChI=1S/C27H22ClFN2O4S/c1-30-36(33,34)24-11-8-18(9-12-24)14-27(32)31-22-10-13-25(19-4-2-6-21(29)15-19)26(17-22)35-23-7-3-5-20(28)16-23/h2-13,15-17,30H,14H2,1H3,(H,31,32). The summed E-state index contributed by atoms with van der Waals surface area (Å²) in [5.74, 6) is 0.209. The maximum Gasteiger partial charge on any atom is 0.240 e. The SMILES string of the molecule is CNS(=O)(=O)c1ccc(CC(=O)Nc2ccc(-c3cccc(F)c3)c(Oc3cccc(Cl)c3)c2)cc1. The van der Waals surface area contributed by atoms with Gasteiger partial charge >= 0.3 is 0 Å². The van der Waals surface area contributed by atoms with Crippen molar-refractivity contribution in [2.45, 2.75) is 11.3 Å². The van der Waals surface area contributed by atoms with Crippen LogP contribution in [0.5, 0.6) is 11.5 Å². The lowest BCUT2D eigenvalue weighted by Crippen LogP contribution is -2.18. The molecule has 0 unspecified atom stereocenters. The Bertz CT molecular complexity index is 1510. The molecule has 4 rings (SSSR count). The van der Waals surface area contributed by atoms with Gasteiger partial charge in [-0.25, -0.2) is 17.5 Å². The first-order valence-corrected chi connectivity index (χ1v) is 12.8. The number of halogens is 2. The predicted molar refractivity (Wildman–Crippen MR) is 138 cm³/mol. The number of hydrogen-bond acceptors (Lipinski definition) is 4. The van der Waals surface area contributed by atoms with Gasteiger partial charge in [0.05, 0.1) is 11.3 Å². The maximum absolute atomic E-state index is 13.9. The molecule has 0 aromatic heterocycles. The van der Waals surface area contributed by atoms with Gasteiger partial charge in [-0.2, -0.15) is 0 Å². The van der Waals surface area contributed by atoms with Gasteiger partial charge in [-0.05, 0) is 72.8 Å². The molecule has 0 bridgehead atoms. The zero-order valence-corrected chi connectivity index (χ0v) is 20.7.